The van der Waals surface area contributed by atoms with Crippen LogP contribution in [0.3, 0.4) is 0 Å². The van der Waals surface area contributed by atoms with Gasteiger partial charge in [0.1, 0.15) is 18.1 Å². The molecule has 0 aromatic heterocycles. The predicted octanol–water partition coefficient (Wildman–Crippen LogP) is -2.54. The van der Waals surface area contributed by atoms with Crippen molar-refractivity contribution in [2.45, 2.75) is 56.3 Å². The van der Waals surface area contributed by atoms with E-state index in [4.69, 9.17) is 16.6 Å². The van der Waals surface area contributed by atoms with Gasteiger partial charge in [-0.15, -0.1) is 0 Å². The molecule has 180 valence electrons. The Bertz CT molecular complexity index is 749. The minimum atomic E-state index is -1.46. The van der Waals surface area contributed by atoms with Crippen molar-refractivity contribution in [3.8, 4) is 0 Å². The van der Waals surface area contributed by atoms with Crippen LogP contribution >= 0.6 is 11.8 Å². The maximum Gasteiger partial charge on any atom is 0.326 e. The number of nitrogens with one attached hydrogen (secondary N) is 2. The average molecular weight is 476 g/mol. The summed E-state index contributed by atoms with van der Waals surface area (Å²) in [7, 11) is 0. The number of hydrogen-bond acceptors (Lipinski definition) is 8. The van der Waals surface area contributed by atoms with Crippen LogP contribution in [0.15, 0.2) is 0 Å². The minimum Gasteiger partial charge on any atom is -0.481 e. The van der Waals surface area contributed by atoms with Crippen molar-refractivity contribution in [1.29, 1.82) is 0 Å². The average Bonchev–Trinajstić information content (AvgIpc) is 3.18. The highest BCUT2D eigenvalue weighted by Gasteiger charge is 2.39. The predicted molar refractivity (Wildman–Crippen MR) is 113 cm³/mol. The van der Waals surface area contributed by atoms with Crippen molar-refractivity contribution in [2.24, 2.45) is 11.5 Å². The van der Waals surface area contributed by atoms with Crippen LogP contribution in [0, 0.1) is 0 Å². The van der Waals surface area contributed by atoms with Gasteiger partial charge in [-0.1, -0.05) is 0 Å². The van der Waals surface area contributed by atoms with Crippen molar-refractivity contribution in [1.82, 2.24) is 15.5 Å². The highest BCUT2D eigenvalue weighted by Crippen LogP contribution is 2.20. The fourth-order valence-electron chi connectivity index (χ4n) is 3.23. The first kappa shape index (κ1) is 27.2. The summed E-state index contributed by atoms with van der Waals surface area (Å²) in [4.78, 5) is 72.6. The third-order valence-electron chi connectivity index (χ3n) is 4.81. The zero-order valence-electron chi connectivity index (χ0n) is 17.6. The number of hydrogen-bond donors (Lipinski definition) is 6. The standard InChI is InChI=1S/C18H29N5O8S/c1-32-6-4-10(18(30)31)21-16(28)12-3-2-5-23(12)17(29)11(8-13(20)24)22-15(27)9(19)7-14(25)26/h9-12H,2-8,19H2,1H3,(H2,20,24)(H,21,28)(H,22,27)(H,25,26)(H,30,31). The van der Waals surface area contributed by atoms with E-state index in [-0.39, 0.29) is 19.4 Å². The van der Waals surface area contributed by atoms with Crippen LogP contribution in [-0.4, -0.2) is 93.4 Å². The van der Waals surface area contributed by atoms with Gasteiger partial charge in [0.25, 0.3) is 0 Å². The number of amides is 4. The quantitative estimate of drug-likeness (QED) is 0.164. The third-order valence-corrected chi connectivity index (χ3v) is 5.46. The molecule has 0 spiro atoms. The van der Waals surface area contributed by atoms with E-state index in [0.717, 1.165) is 4.90 Å². The van der Waals surface area contributed by atoms with Crippen LogP contribution in [0.4, 0.5) is 0 Å². The van der Waals surface area contributed by atoms with Gasteiger partial charge in [-0.3, -0.25) is 24.0 Å². The molecule has 0 aromatic rings. The zero-order chi connectivity index (χ0) is 24.4. The Labute approximate surface area is 188 Å². The molecule has 4 amide bonds. The topological polar surface area (TPSA) is 222 Å². The van der Waals surface area contributed by atoms with E-state index in [9.17, 15) is 33.9 Å². The number of thioether (sulfide) groups is 1. The molecule has 1 aliphatic heterocycles. The van der Waals surface area contributed by atoms with E-state index in [2.05, 4.69) is 10.6 Å². The first-order chi connectivity index (χ1) is 15.0. The molecule has 0 saturated carbocycles. The molecule has 1 saturated heterocycles. The molecule has 0 bridgehead atoms. The summed E-state index contributed by atoms with van der Waals surface area (Å²) in [6.07, 6.45) is 1.44. The van der Waals surface area contributed by atoms with Gasteiger partial charge in [0.2, 0.25) is 23.6 Å². The van der Waals surface area contributed by atoms with Gasteiger partial charge in [0, 0.05) is 6.54 Å². The van der Waals surface area contributed by atoms with Crippen LogP contribution in [0.25, 0.3) is 0 Å². The third kappa shape index (κ3) is 8.34. The summed E-state index contributed by atoms with van der Waals surface area (Å²) >= 11 is 1.42. The highest BCUT2D eigenvalue weighted by molar-refractivity contribution is 7.98. The summed E-state index contributed by atoms with van der Waals surface area (Å²) < 4.78 is 0. The number of carboxylic acids is 2. The van der Waals surface area contributed by atoms with Crippen LogP contribution in [-0.2, 0) is 28.8 Å². The minimum absolute atomic E-state index is 0.145. The Balaban J connectivity index is 2.94. The maximum atomic E-state index is 13.0. The van der Waals surface area contributed by atoms with Gasteiger partial charge >= 0.3 is 11.9 Å². The van der Waals surface area contributed by atoms with E-state index in [1.165, 1.54) is 11.8 Å². The Morgan fingerprint density at radius 1 is 1.09 bits per heavy atom. The normalized spacial score (nSPS) is 18.3. The molecule has 8 N–H and O–H groups in total. The Kier molecular flexibility index (Phi) is 10.9. The molecule has 0 aliphatic carbocycles. The molecular weight excluding hydrogens is 446 g/mol. The molecule has 4 unspecified atom stereocenters. The lowest BCUT2D eigenvalue weighted by Gasteiger charge is -2.29. The second-order valence-electron chi connectivity index (χ2n) is 7.31. The first-order valence-corrected chi connectivity index (χ1v) is 11.3. The fraction of sp³-hybridized carbons (Fsp3) is 0.667. The number of rotatable bonds is 13. The zero-order valence-corrected chi connectivity index (χ0v) is 18.4. The van der Waals surface area contributed by atoms with Crippen molar-refractivity contribution in [3.05, 3.63) is 0 Å². The van der Waals surface area contributed by atoms with Crippen molar-refractivity contribution < 1.29 is 39.0 Å². The number of aliphatic carboxylic acids is 2. The number of likely N-dealkylation sites (tertiary alicyclic amines) is 1. The van der Waals surface area contributed by atoms with Crippen LogP contribution in [0.2, 0.25) is 0 Å². The number of carbonyl (C=O) groups is 6. The monoisotopic (exact) mass is 475 g/mol. The van der Waals surface area contributed by atoms with E-state index in [1.807, 2.05) is 0 Å². The molecule has 0 radical (unpaired) electrons. The molecule has 1 heterocycles. The van der Waals surface area contributed by atoms with E-state index in [1.54, 1.807) is 6.26 Å². The lowest BCUT2D eigenvalue weighted by Crippen LogP contribution is -2.57. The number of carboxylic acid groups (broad SMARTS) is 2. The maximum absolute atomic E-state index is 13.0. The summed E-state index contributed by atoms with van der Waals surface area (Å²) in [5.41, 5.74) is 10.7. The molecule has 4 atom stereocenters. The Hall–Kier alpha value is -2.87. The largest absolute Gasteiger partial charge is 0.481 e. The van der Waals surface area contributed by atoms with Gasteiger partial charge in [-0.05, 0) is 31.3 Å². The van der Waals surface area contributed by atoms with E-state index in [0.29, 0.717) is 12.2 Å². The second kappa shape index (κ2) is 12.9. The molecule has 13 nitrogen and oxygen atoms in total. The summed E-state index contributed by atoms with van der Waals surface area (Å²) in [6, 6.07) is -5.01. The summed E-state index contributed by atoms with van der Waals surface area (Å²) in [5.74, 6) is -5.31. The SMILES string of the molecule is CSCCC(NC(=O)C1CCCN1C(=O)C(CC(N)=O)NC(=O)C(N)CC(=O)O)C(=O)O. The fourth-order valence-corrected chi connectivity index (χ4v) is 3.70. The first-order valence-electron chi connectivity index (χ1n) is 9.86. The van der Waals surface area contributed by atoms with Gasteiger partial charge in [0.05, 0.1) is 18.9 Å². The number of carbonyl (C=O) groups excluding carboxylic acids is 4. The molecule has 32 heavy (non-hydrogen) atoms. The molecule has 1 aliphatic rings. The van der Waals surface area contributed by atoms with Crippen LogP contribution in [0.1, 0.15) is 32.1 Å². The molecule has 0 aromatic carbocycles. The summed E-state index contributed by atoms with van der Waals surface area (Å²) in [5, 5.41) is 22.7. The molecular formula is C18H29N5O8S. The Morgan fingerprint density at radius 2 is 1.75 bits per heavy atom. The lowest BCUT2D eigenvalue weighted by atomic mass is 10.1. The highest BCUT2D eigenvalue weighted by atomic mass is 32.2. The van der Waals surface area contributed by atoms with Crippen molar-refractivity contribution in [2.75, 3.05) is 18.6 Å². The lowest BCUT2D eigenvalue weighted by molar-refractivity contribution is -0.145. The van der Waals surface area contributed by atoms with Crippen molar-refractivity contribution >= 4 is 47.3 Å². The van der Waals surface area contributed by atoms with Crippen LogP contribution in [0.5, 0.6) is 0 Å². The molecule has 14 heteroatoms. The van der Waals surface area contributed by atoms with Gasteiger partial charge in [0.15, 0.2) is 0 Å². The summed E-state index contributed by atoms with van der Waals surface area (Å²) in [6.45, 7) is 0.145. The smallest absolute Gasteiger partial charge is 0.326 e. The number of nitrogens with zero attached hydrogens (tertiary/aromatic N) is 1. The van der Waals surface area contributed by atoms with E-state index >= 15 is 0 Å². The second-order valence-corrected chi connectivity index (χ2v) is 8.29. The van der Waals surface area contributed by atoms with Gasteiger partial charge in [-0.25, -0.2) is 4.79 Å². The van der Waals surface area contributed by atoms with E-state index < -0.39 is 72.6 Å². The number of primary amides is 1. The molecule has 1 rings (SSSR count). The molecule has 1 fully saturated rings. The Morgan fingerprint density at radius 3 is 2.28 bits per heavy atom. The van der Waals surface area contributed by atoms with Gasteiger partial charge in [-0.2, -0.15) is 11.8 Å². The van der Waals surface area contributed by atoms with Crippen molar-refractivity contribution in [3.63, 3.8) is 0 Å². The van der Waals surface area contributed by atoms with Gasteiger partial charge < -0.3 is 37.2 Å². The van der Waals surface area contributed by atoms with Crippen LogP contribution < -0.4 is 22.1 Å². The number of nitrogens with two attached hydrogens (primary N) is 2.